The fourth-order valence-corrected chi connectivity index (χ4v) is 5.22. The van der Waals surface area contributed by atoms with Gasteiger partial charge in [0.15, 0.2) is 0 Å². The Balaban J connectivity index is 1.21. The Bertz CT molecular complexity index is 1340. The summed E-state index contributed by atoms with van der Waals surface area (Å²) in [6.45, 7) is 10.7. The Morgan fingerprint density at radius 2 is 1.81 bits per heavy atom. The topological polar surface area (TPSA) is 85.5 Å². The highest BCUT2D eigenvalue weighted by Crippen LogP contribution is 2.26. The summed E-state index contributed by atoms with van der Waals surface area (Å²) in [5.41, 5.74) is 3.01. The van der Waals surface area contributed by atoms with Crippen LogP contribution in [0, 0.1) is 0 Å². The molecule has 2 aromatic heterocycles. The van der Waals surface area contributed by atoms with E-state index in [0.717, 1.165) is 60.7 Å². The van der Waals surface area contributed by atoms with Crippen LogP contribution in [0.4, 0.5) is 0 Å². The van der Waals surface area contributed by atoms with Gasteiger partial charge in [-0.1, -0.05) is 37.8 Å². The smallest absolute Gasteiger partial charge is 0.321 e. The average Bonchev–Trinajstić information content (AvgIpc) is 3.50. The molecule has 37 heavy (non-hydrogen) atoms. The molecule has 194 valence electrons. The number of nitrogens with zero attached hydrogens (tertiary/aromatic N) is 5. The highest BCUT2D eigenvalue weighted by Gasteiger charge is 2.20. The van der Waals surface area contributed by atoms with Crippen LogP contribution in [-0.4, -0.2) is 63.6 Å². The van der Waals surface area contributed by atoms with E-state index in [9.17, 15) is 5.11 Å². The fraction of sp³-hybridized carbons (Fsp3) is 0.393. The van der Waals surface area contributed by atoms with Gasteiger partial charge in [0.1, 0.15) is 12.5 Å². The molecule has 1 aliphatic heterocycles. The molecule has 0 unspecified atom stereocenters. The van der Waals surface area contributed by atoms with Gasteiger partial charge >= 0.3 is 6.01 Å². The molecule has 0 amide bonds. The number of benzene rings is 2. The second-order valence-electron chi connectivity index (χ2n) is 10.9. The first-order valence-electron chi connectivity index (χ1n) is 12.9. The second-order valence-corrected chi connectivity index (χ2v) is 16.6. The van der Waals surface area contributed by atoms with Crippen molar-refractivity contribution in [3.63, 3.8) is 0 Å². The monoisotopic (exact) mass is 517 g/mol. The molecule has 0 aliphatic carbocycles. The molecule has 3 heterocycles. The predicted octanol–water partition coefficient (Wildman–Crippen LogP) is 5.16. The van der Waals surface area contributed by atoms with E-state index in [-0.39, 0.29) is 6.10 Å². The molecule has 1 fully saturated rings. The van der Waals surface area contributed by atoms with Gasteiger partial charge in [-0.15, -0.1) is 0 Å². The molecule has 4 aromatic rings. The molecule has 0 radical (unpaired) electrons. The van der Waals surface area contributed by atoms with E-state index in [0.29, 0.717) is 18.5 Å². The molecule has 1 atom stereocenters. The van der Waals surface area contributed by atoms with Crippen LogP contribution < -0.4 is 4.74 Å². The third-order valence-corrected chi connectivity index (χ3v) is 8.29. The summed E-state index contributed by atoms with van der Waals surface area (Å²) < 4.78 is 13.6. The molecule has 0 bridgehead atoms. The first-order chi connectivity index (χ1) is 17.8. The average molecular weight is 518 g/mol. The van der Waals surface area contributed by atoms with Gasteiger partial charge in [0.25, 0.3) is 0 Å². The molecule has 5 rings (SSSR count). The van der Waals surface area contributed by atoms with Crippen LogP contribution in [0.15, 0.2) is 61.1 Å². The van der Waals surface area contributed by atoms with E-state index in [4.69, 9.17) is 9.47 Å². The zero-order chi connectivity index (χ0) is 25.8. The number of aliphatic hydroxyl groups is 1. The summed E-state index contributed by atoms with van der Waals surface area (Å²) in [5.74, 6) is 0.691. The fourth-order valence-electron chi connectivity index (χ4n) is 4.47. The van der Waals surface area contributed by atoms with Crippen molar-refractivity contribution in [3.05, 3.63) is 66.6 Å². The molecule has 0 spiro atoms. The van der Waals surface area contributed by atoms with E-state index >= 15 is 0 Å². The Morgan fingerprint density at radius 3 is 2.57 bits per heavy atom. The van der Waals surface area contributed by atoms with Gasteiger partial charge in [0, 0.05) is 58.5 Å². The van der Waals surface area contributed by atoms with Crippen LogP contribution >= 0.6 is 0 Å². The number of fused-ring (bicyclic) bond motifs is 1. The van der Waals surface area contributed by atoms with Crippen LogP contribution in [0.2, 0.25) is 25.7 Å². The quantitative estimate of drug-likeness (QED) is 0.230. The lowest BCUT2D eigenvalue weighted by Crippen LogP contribution is -2.22. The van der Waals surface area contributed by atoms with E-state index < -0.39 is 8.07 Å². The maximum Gasteiger partial charge on any atom is 0.321 e. The summed E-state index contributed by atoms with van der Waals surface area (Å²) in [6.07, 6.45) is 5.92. The van der Waals surface area contributed by atoms with E-state index in [2.05, 4.69) is 63.9 Å². The van der Waals surface area contributed by atoms with Gasteiger partial charge in [-0.2, -0.15) is 5.10 Å². The molecule has 9 heteroatoms. The zero-order valence-corrected chi connectivity index (χ0v) is 22.8. The summed E-state index contributed by atoms with van der Waals surface area (Å²) in [4.78, 5) is 11.1. The SMILES string of the molecule is C[Si](C)(C)CCOCn1nccc1-c1cnc(Oc2ccc3cc(CN4CC[C@@H](O)C4)ccc3c2)nc1. The number of aromatic nitrogens is 4. The maximum absolute atomic E-state index is 9.76. The maximum atomic E-state index is 9.76. The van der Waals surface area contributed by atoms with Crippen molar-refractivity contribution in [1.82, 2.24) is 24.6 Å². The largest absolute Gasteiger partial charge is 0.424 e. The minimum absolute atomic E-state index is 0.197. The Kier molecular flexibility index (Phi) is 7.66. The molecule has 0 saturated carbocycles. The molecule has 8 nitrogen and oxygen atoms in total. The molecular weight excluding hydrogens is 482 g/mol. The minimum Gasteiger partial charge on any atom is -0.424 e. The first kappa shape index (κ1) is 25.5. The van der Waals surface area contributed by atoms with Gasteiger partial charge < -0.3 is 14.6 Å². The van der Waals surface area contributed by atoms with Crippen LogP contribution in [0.5, 0.6) is 11.8 Å². The van der Waals surface area contributed by atoms with Crippen molar-refractivity contribution >= 4 is 18.8 Å². The normalized spacial score (nSPS) is 16.5. The van der Waals surface area contributed by atoms with Crippen molar-refractivity contribution in [3.8, 4) is 23.0 Å². The molecule has 2 aromatic carbocycles. The lowest BCUT2D eigenvalue weighted by molar-refractivity contribution is 0.0798. The third kappa shape index (κ3) is 6.81. The summed E-state index contributed by atoms with van der Waals surface area (Å²) >= 11 is 0. The van der Waals surface area contributed by atoms with Crippen molar-refractivity contribution in [2.75, 3.05) is 19.7 Å². The zero-order valence-electron chi connectivity index (χ0n) is 21.8. The Labute approximate surface area is 218 Å². The summed E-state index contributed by atoms with van der Waals surface area (Å²) in [6, 6.07) is 15.8. The number of β-amino-alcohol motifs (C(OH)–C–C–N with tert-alkyl or cyclic N) is 1. The van der Waals surface area contributed by atoms with Crippen LogP contribution in [0.1, 0.15) is 12.0 Å². The van der Waals surface area contributed by atoms with Crippen LogP contribution in [0.25, 0.3) is 22.0 Å². The summed E-state index contributed by atoms with van der Waals surface area (Å²) in [7, 11) is -1.12. The standard InChI is InChI=1S/C28H35N5O3Si/c1-37(2,3)13-12-35-20-33-27(8-10-31-33)24-16-29-28(30-17-24)36-26-7-6-22-14-21(4-5-23(22)15-26)18-32-11-9-25(34)19-32/h4-8,10,14-17,25,34H,9,11-13,18-20H2,1-3H3/t25-/m1/s1. The van der Waals surface area contributed by atoms with Crippen molar-refractivity contribution in [2.45, 2.75) is 51.5 Å². The van der Waals surface area contributed by atoms with E-state index in [1.165, 1.54) is 5.56 Å². The van der Waals surface area contributed by atoms with E-state index in [1.807, 2.05) is 22.9 Å². The van der Waals surface area contributed by atoms with Gasteiger partial charge in [-0.3, -0.25) is 4.90 Å². The number of rotatable bonds is 10. The second kappa shape index (κ2) is 11.1. The number of likely N-dealkylation sites (tertiary alicyclic amines) is 1. The highest BCUT2D eigenvalue weighted by molar-refractivity contribution is 6.76. The van der Waals surface area contributed by atoms with Crippen molar-refractivity contribution in [1.29, 1.82) is 0 Å². The number of ether oxygens (including phenoxy) is 2. The van der Waals surface area contributed by atoms with Gasteiger partial charge in [0.2, 0.25) is 0 Å². The number of hydrogen-bond donors (Lipinski definition) is 1. The van der Waals surface area contributed by atoms with Crippen molar-refractivity contribution in [2.24, 2.45) is 0 Å². The van der Waals surface area contributed by atoms with Crippen molar-refractivity contribution < 1.29 is 14.6 Å². The number of hydrogen-bond acceptors (Lipinski definition) is 7. The number of aliphatic hydroxyl groups excluding tert-OH is 1. The van der Waals surface area contributed by atoms with E-state index in [1.54, 1.807) is 18.6 Å². The van der Waals surface area contributed by atoms with Gasteiger partial charge in [0.05, 0.1) is 11.8 Å². The van der Waals surface area contributed by atoms with Gasteiger partial charge in [-0.25, -0.2) is 14.6 Å². The minimum atomic E-state index is -1.12. The Hall–Kier alpha value is -3.11. The third-order valence-electron chi connectivity index (χ3n) is 6.59. The lowest BCUT2D eigenvalue weighted by Gasteiger charge is -2.16. The lowest BCUT2D eigenvalue weighted by atomic mass is 10.1. The molecule has 1 aliphatic rings. The van der Waals surface area contributed by atoms with Crippen LogP contribution in [0.3, 0.4) is 0 Å². The molecule has 1 saturated heterocycles. The first-order valence-corrected chi connectivity index (χ1v) is 16.6. The molecular formula is C28H35N5O3Si. The predicted molar refractivity (Wildman–Crippen MR) is 147 cm³/mol. The van der Waals surface area contributed by atoms with Crippen LogP contribution in [-0.2, 0) is 18.0 Å². The highest BCUT2D eigenvalue weighted by atomic mass is 28.3. The summed E-state index contributed by atoms with van der Waals surface area (Å²) in [5, 5.41) is 16.4. The van der Waals surface area contributed by atoms with Gasteiger partial charge in [-0.05, 0) is 53.1 Å². The Morgan fingerprint density at radius 1 is 1.03 bits per heavy atom. The molecule has 1 N–H and O–H groups in total.